The van der Waals surface area contributed by atoms with E-state index in [0.29, 0.717) is 5.56 Å². The third-order valence-electron chi connectivity index (χ3n) is 9.86. The van der Waals surface area contributed by atoms with Crippen LogP contribution in [0.3, 0.4) is 0 Å². The van der Waals surface area contributed by atoms with Gasteiger partial charge in [-0.3, -0.25) is 48.3 Å². The third-order valence-corrected chi connectivity index (χ3v) is 9.86. The minimum Gasteiger partial charge on any atom is -0.459 e. The van der Waals surface area contributed by atoms with E-state index in [9.17, 15) is 33.6 Å². The summed E-state index contributed by atoms with van der Waals surface area (Å²) in [5, 5.41) is 6.56. The van der Waals surface area contributed by atoms with Crippen LogP contribution in [0.1, 0.15) is 121 Å². The molecule has 4 N–H and O–H groups in total. The number of hydroxylamine groups is 1. The van der Waals surface area contributed by atoms with Crippen molar-refractivity contribution in [3.8, 4) is 0 Å². The molecule has 20 nitrogen and oxygen atoms in total. The van der Waals surface area contributed by atoms with Crippen LogP contribution in [-0.2, 0) is 76.9 Å². The molecular weight excluding hydrogens is 955 g/mol. The number of alkyl carbamates (subject to hydrolysis) is 1. The predicted octanol–water partition coefficient (Wildman–Crippen LogP) is 5.74. The fourth-order valence-corrected chi connectivity index (χ4v) is 7.09. The van der Waals surface area contributed by atoms with Crippen LogP contribution in [0.2, 0.25) is 0 Å². The second-order valence-corrected chi connectivity index (χ2v) is 23.2. The number of carbonyl (C=O) groups excluding carboxylic acids is 7. The fourth-order valence-electron chi connectivity index (χ4n) is 7.09. The van der Waals surface area contributed by atoms with E-state index in [-0.39, 0.29) is 84.4 Å². The van der Waals surface area contributed by atoms with E-state index in [0.717, 1.165) is 22.2 Å². The number of ether oxygens (including phenoxy) is 5. The summed E-state index contributed by atoms with van der Waals surface area (Å²) in [4.78, 5) is 106. The van der Waals surface area contributed by atoms with Crippen LogP contribution in [-0.4, -0.2) is 154 Å². The molecule has 0 aliphatic carbocycles. The largest absolute Gasteiger partial charge is 0.459 e. The molecule has 0 fully saturated rings. The van der Waals surface area contributed by atoms with Gasteiger partial charge < -0.3 is 39.3 Å². The van der Waals surface area contributed by atoms with Gasteiger partial charge in [0.05, 0.1) is 39.3 Å². The Labute approximate surface area is 437 Å². The lowest BCUT2D eigenvalue weighted by atomic mass is 10.1. The number of hydrogen-bond acceptors (Lipinski definition) is 16. The van der Waals surface area contributed by atoms with Crippen LogP contribution in [0.4, 0.5) is 4.79 Å². The molecule has 0 aliphatic heterocycles. The van der Waals surface area contributed by atoms with Crippen LogP contribution < -0.4 is 16.1 Å². The number of nitrogens with zero attached hydrogens (tertiary/aromatic N) is 3. The van der Waals surface area contributed by atoms with Gasteiger partial charge in [0.15, 0.2) is 0 Å². The SMILES string of the molecule is CC(C)(C)OC(=O)CN(CCN(CCN(CC(=O)OC(C)(C)C)CC(=O)OC(C)(C)C)CC(=O)NCc1ccc(CONC(=O)[C@@H](Cc2cc3ccccc3[nH]2)NC(=O)OC(C)(C)C)cc1)CC(=O)OC(C)(C)C. The molecule has 3 rings (SSSR count). The Morgan fingerprint density at radius 3 is 1.38 bits per heavy atom. The number of aromatic nitrogens is 1. The topological polar surface area (TPSA) is 236 Å². The molecule has 1 aromatic heterocycles. The molecule has 0 saturated heterocycles. The first-order valence-corrected chi connectivity index (χ1v) is 25.0. The quantitative estimate of drug-likeness (QED) is 0.0450. The van der Waals surface area contributed by atoms with Crippen molar-refractivity contribution in [2.45, 2.75) is 157 Å². The smallest absolute Gasteiger partial charge is 0.408 e. The molecule has 0 radical (unpaired) electrons. The minimum absolute atomic E-state index is 0.00334. The summed E-state index contributed by atoms with van der Waals surface area (Å²) in [6, 6.07) is 15.7. The van der Waals surface area contributed by atoms with Gasteiger partial charge in [-0.25, -0.2) is 10.3 Å². The van der Waals surface area contributed by atoms with Crippen molar-refractivity contribution in [3.63, 3.8) is 0 Å². The summed E-state index contributed by atoms with van der Waals surface area (Å²) >= 11 is 0. The van der Waals surface area contributed by atoms with Gasteiger partial charge in [-0.05, 0) is 133 Å². The van der Waals surface area contributed by atoms with E-state index in [1.54, 1.807) is 143 Å². The Morgan fingerprint density at radius 2 is 0.946 bits per heavy atom. The van der Waals surface area contributed by atoms with Gasteiger partial charge in [0.2, 0.25) is 5.91 Å². The van der Waals surface area contributed by atoms with Crippen molar-refractivity contribution in [3.05, 3.63) is 71.4 Å². The van der Waals surface area contributed by atoms with E-state index < -0.39 is 69.9 Å². The molecule has 0 bridgehead atoms. The number of H-pyrrole nitrogens is 1. The van der Waals surface area contributed by atoms with Crippen molar-refractivity contribution >= 4 is 52.7 Å². The van der Waals surface area contributed by atoms with E-state index >= 15 is 0 Å². The zero-order chi connectivity index (χ0) is 55.7. The highest BCUT2D eigenvalue weighted by molar-refractivity contribution is 5.86. The average Bonchev–Trinajstić information content (AvgIpc) is 3.63. The first-order valence-electron chi connectivity index (χ1n) is 25.0. The Morgan fingerprint density at radius 1 is 0.527 bits per heavy atom. The number of para-hydroxylation sites is 1. The van der Waals surface area contributed by atoms with Crippen LogP contribution in [0.5, 0.6) is 0 Å². The summed E-state index contributed by atoms with van der Waals surface area (Å²) in [6.45, 7) is 25.8. The normalized spacial score (nSPS) is 12.8. The van der Waals surface area contributed by atoms with Crippen molar-refractivity contribution in [2.75, 3.05) is 58.9 Å². The van der Waals surface area contributed by atoms with Gasteiger partial charge in [0, 0.05) is 50.4 Å². The number of hydrogen-bond donors (Lipinski definition) is 4. The number of nitrogens with one attached hydrogen (secondary N) is 4. The Bertz CT molecular complexity index is 2170. The van der Waals surface area contributed by atoms with E-state index in [1.165, 1.54) is 0 Å². The number of amides is 3. The molecule has 3 aromatic rings. The molecule has 20 heteroatoms. The van der Waals surface area contributed by atoms with Gasteiger partial charge in [0.25, 0.3) is 5.91 Å². The zero-order valence-corrected chi connectivity index (χ0v) is 46.4. The van der Waals surface area contributed by atoms with Crippen molar-refractivity contribution in [1.82, 2.24) is 35.8 Å². The van der Waals surface area contributed by atoms with Gasteiger partial charge in [0.1, 0.15) is 34.0 Å². The maximum Gasteiger partial charge on any atom is 0.408 e. The molecular formula is C54H83N7O13. The van der Waals surface area contributed by atoms with E-state index in [4.69, 9.17) is 28.5 Å². The van der Waals surface area contributed by atoms with Crippen LogP contribution in [0.25, 0.3) is 10.9 Å². The average molecular weight is 1040 g/mol. The van der Waals surface area contributed by atoms with Crippen molar-refractivity contribution < 1.29 is 62.1 Å². The predicted molar refractivity (Wildman–Crippen MR) is 279 cm³/mol. The maximum absolute atomic E-state index is 13.7. The van der Waals surface area contributed by atoms with Gasteiger partial charge >= 0.3 is 30.0 Å². The summed E-state index contributed by atoms with van der Waals surface area (Å²) in [7, 11) is 0. The Balaban J connectivity index is 1.73. The molecule has 2 aromatic carbocycles. The highest BCUT2D eigenvalue weighted by Crippen LogP contribution is 2.18. The Kier molecular flexibility index (Phi) is 23.1. The van der Waals surface area contributed by atoms with Gasteiger partial charge in [-0.2, -0.15) is 0 Å². The molecule has 1 atom stereocenters. The number of benzene rings is 2. The highest BCUT2D eigenvalue weighted by atomic mass is 16.7. The lowest BCUT2D eigenvalue weighted by Crippen LogP contribution is -2.49. The van der Waals surface area contributed by atoms with Crippen LogP contribution in [0.15, 0.2) is 54.6 Å². The summed E-state index contributed by atoms with van der Waals surface area (Å²) in [5.74, 6) is -3.13. The Hall–Kier alpha value is -6.09. The number of carbonyl (C=O) groups is 7. The minimum atomic E-state index is -1.03. The standard InChI is InChI=1S/C54H83N7O13/c1-50(2,3)70-44(63)32-60(33-45(64)71-51(4,5)6)26-24-59(25-27-61(34-46(65)72-52(7,8)9)35-47(66)73-53(10,11)12)31-43(62)55-30-37-20-22-38(23-21-37)36-69-58-48(67)42(57-49(68)74-54(13,14)15)29-40-28-39-18-16-17-19-41(39)56-40/h16-23,28,42,56H,24-27,29-36H2,1-15H3,(H,55,62)(H,57,68)(H,58,67)/t42-/m1/s1. The van der Waals surface area contributed by atoms with Crippen LogP contribution in [0, 0.1) is 0 Å². The van der Waals surface area contributed by atoms with Crippen molar-refractivity contribution in [1.29, 1.82) is 0 Å². The number of aromatic amines is 1. The monoisotopic (exact) mass is 1040 g/mol. The number of esters is 4. The fraction of sp³-hybridized carbons (Fsp3) is 0.611. The molecule has 74 heavy (non-hydrogen) atoms. The van der Waals surface area contributed by atoms with Crippen LogP contribution >= 0.6 is 0 Å². The first-order chi connectivity index (χ1) is 34.1. The molecule has 0 spiro atoms. The van der Waals surface area contributed by atoms with E-state index in [2.05, 4.69) is 21.1 Å². The second-order valence-electron chi connectivity index (χ2n) is 23.2. The molecule has 412 valence electrons. The summed E-state index contributed by atoms with van der Waals surface area (Å²) in [5.41, 5.74) is 1.67. The van der Waals surface area contributed by atoms with Gasteiger partial charge in [-0.1, -0.05) is 42.5 Å². The second kappa shape index (κ2) is 27.4. The van der Waals surface area contributed by atoms with Crippen molar-refractivity contribution in [2.24, 2.45) is 0 Å². The van der Waals surface area contributed by atoms with Gasteiger partial charge in [-0.15, -0.1) is 0 Å². The lowest BCUT2D eigenvalue weighted by molar-refractivity contribution is -0.162. The third kappa shape index (κ3) is 27.3. The first kappa shape index (κ1) is 62.2. The zero-order valence-electron chi connectivity index (χ0n) is 46.4. The molecule has 0 unspecified atom stereocenters. The highest BCUT2D eigenvalue weighted by Gasteiger charge is 2.29. The molecule has 1 heterocycles. The molecule has 0 saturated carbocycles. The number of fused-ring (bicyclic) bond motifs is 1. The maximum atomic E-state index is 13.7. The lowest BCUT2D eigenvalue weighted by Gasteiger charge is -2.30. The summed E-state index contributed by atoms with van der Waals surface area (Å²) in [6.07, 6.45) is -0.610. The summed E-state index contributed by atoms with van der Waals surface area (Å²) < 4.78 is 27.7. The van der Waals surface area contributed by atoms with E-state index in [1.807, 2.05) is 30.3 Å². The number of rotatable bonds is 25. The molecule has 0 aliphatic rings. The molecule has 3 amide bonds.